The molecule has 0 aliphatic heterocycles. The van der Waals surface area contributed by atoms with Crippen LogP contribution < -0.4 is 5.43 Å². The molecule has 0 saturated carbocycles. The number of nitrogens with one attached hydrogen (secondary N) is 1. The fourth-order valence-corrected chi connectivity index (χ4v) is 1.52. The summed E-state index contributed by atoms with van der Waals surface area (Å²) < 4.78 is 12.7. The van der Waals surface area contributed by atoms with E-state index in [9.17, 15) is 9.18 Å². The van der Waals surface area contributed by atoms with E-state index >= 15 is 0 Å². The highest BCUT2D eigenvalue weighted by Crippen LogP contribution is 2.02. The summed E-state index contributed by atoms with van der Waals surface area (Å²) in [7, 11) is 0. The van der Waals surface area contributed by atoms with Gasteiger partial charge in [0.2, 0.25) is 0 Å². The fourth-order valence-electron chi connectivity index (χ4n) is 1.52. The standard InChI is InChI=1S/C16H13FN2O/c17-15-10-8-14(9-11-15)16(20)19-18-12-4-7-13-5-2-1-3-6-13/h1-12H,(H,19,20)/b7-4+,18-12-. The molecule has 1 N–H and O–H groups in total. The molecular weight excluding hydrogens is 255 g/mol. The molecule has 2 aromatic rings. The zero-order valence-corrected chi connectivity index (χ0v) is 10.7. The zero-order valence-electron chi connectivity index (χ0n) is 10.7. The highest BCUT2D eigenvalue weighted by Gasteiger charge is 2.02. The van der Waals surface area contributed by atoms with Gasteiger partial charge in [-0.2, -0.15) is 5.10 Å². The molecule has 0 atom stereocenters. The van der Waals surface area contributed by atoms with Crippen molar-refractivity contribution >= 4 is 18.2 Å². The molecule has 0 unspecified atom stereocenters. The van der Waals surface area contributed by atoms with Crippen LogP contribution in [0.4, 0.5) is 4.39 Å². The monoisotopic (exact) mass is 268 g/mol. The second-order valence-corrected chi connectivity index (χ2v) is 4.00. The predicted octanol–water partition coefficient (Wildman–Crippen LogP) is 3.25. The molecule has 0 aromatic heterocycles. The van der Waals surface area contributed by atoms with E-state index < -0.39 is 0 Å². The van der Waals surface area contributed by atoms with E-state index in [4.69, 9.17) is 0 Å². The van der Waals surface area contributed by atoms with E-state index in [0.717, 1.165) is 5.56 Å². The number of hydrazone groups is 1. The topological polar surface area (TPSA) is 41.5 Å². The lowest BCUT2D eigenvalue weighted by molar-refractivity contribution is 0.0955. The molecule has 0 aliphatic rings. The Bertz CT molecular complexity index is 619. The van der Waals surface area contributed by atoms with Crippen LogP contribution >= 0.6 is 0 Å². The molecule has 0 fully saturated rings. The van der Waals surface area contributed by atoms with Gasteiger partial charge in [0.05, 0.1) is 0 Å². The van der Waals surface area contributed by atoms with Gasteiger partial charge in [-0.15, -0.1) is 0 Å². The lowest BCUT2D eigenvalue weighted by Crippen LogP contribution is -2.17. The van der Waals surface area contributed by atoms with Gasteiger partial charge in [-0.3, -0.25) is 4.79 Å². The van der Waals surface area contributed by atoms with Crippen molar-refractivity contribution in [3.05, 3.63) is 77.6 Å². The summed E-state index contributed by atoms with van der Waals surface area (Å²) in [6.07, 6.45) is 5.07. The van der Waals surface area contributed by atoms with Gasteiger partial charge in [0.25, 0.3) is 5.91 Å². The van der Waals surface area contributed by atoms with Crippen LogP contribution in [0.3, 0.4) is 0 Å². The summed E-state index contributed by atoms with van der Waals surface area (Å²) in [5.74, 6) is -0.759. The van der Waals surface area contributed by atoms with Gasteiger partial charge < -0.3 is 0 Å². The van der Waals surface area contributed by atoms with Gasteiger partial charge in [-0.25, -0.2) is 9.82 Å². The van der Waals surface area contributed by atoms with Crippen molar-refractivity contribution in [1.29, 1.82) is 0 Å². The second kappa shape index (κ2) is 6.99. The molecule has 1 amide bonds. The Hall–Kier alpha value is -2.75. The first kappa shape index (κ1) is 13.7. The molecule has 2 aromatic carbocycles. The van der Waals surface area contributed by atoms with Crippen molar-refractivity contribution in [2.45, 2.75) is 0 Å². The zero-order chi connectivity index (χ0) is 14.2. The fraction of sp³-hybridized carbons (Fsp3) is 0. The van der Waals surface area contributed by atoms with Gasteiger partial charge in [0.15, 0.2) is 0 Å². The molecule has 20 heavy (non-hydrogen) atoms. The highest BCUT2D eigenvalue weighted by molar-refractivity contribution is 5.94. The minimum Gasteiger partial charge on any atom is -0.267 e. The van der Waals surface area contributed by atoms with E-state index in [1.165, 1.54) is 30.5 Å². The molecule has 2 rings (SSSR count). The van der Waals surface area contributed by atoms with E-state index in [1.54, 1.807) is 6.08 Å². The number of amides is 1. The Morgan fingerprint density at radius 1 is 1.05 bits per heavy atom. The lowest BCUT2D eigenvalue weighted by atomic mass is 10.2. The molecule has 0 aliphatic carbocycles. The minimum atomic E-state index is -0.380. The van der Waals surface area contributed by atoms with Crippen LogP contribution in [0, 0.1) is 5.82 Å². The molecule has 0 radical (unpaired) electrons. The maximum Gasteiger partial charge on any atom is 0.271 e. The smallest absolute Gasteiger partial charge is 0.267 e. The van der Waals surface area contributed by atoms with Crippen molar-refractivity contribution in [1.82, 2.24) is 5.43 Å². The van der Waals surface area contributed by atoms with Crippen molar-refractivity contribution in [3.8, 4) is 0 Å². The molecule has 0 heterocycles. The van der Waals surface area contributed by atoms with Crippen LogP contribution in [-0.4, -0.2) is 12.1 Å². The highest BCUT2D eigenvalue weighted by atomic mass is 19.1. The number of nitrogens with zero attached hydrogens (tertiary/aromatic N) is 1. The Balaban J connectivity index is 1.86. The second-order valence-electron chi connectivity index (χ2n) is 4.00. The molecular formula is C16H13FN2O. The number of carbonyl (C=O) groups excluding carboxylic acids is 1. The van der Waals surface area contributed by atoms with Crippen LogP contribution in [0.5, 0.6) is 0 Å². The van der Waals surface area contributed by atoms with Gasteiger partial charge in [0, 0.05) is 11.8 Å². The van der Waals surface area contributed by atoms with Crippen LogP contribution in [0.1, 0.15) is 15.9 Å². The average molecular weight is 268 g/mol. The normalized spacial score (nSPS) is 11.1. The van der Waals surface area contributed by atoms with Gasteiger partial charge >= 0.3 is 0 Å². The maximum atomic E-state index is 12.7. The number of halogens is 1. The Morgan fingerprint density at radius 2 is 1.75 bits per heavy atom. The van der Waals surface area contributed by atoms with Gasteiger partial charge in [-0.1, -0.05) is 36.4 Å². The first-order chi connectivity index (χ1) is 9.75. The minimum absolute atomic E-state index is 0.357. The Morgan fingerprint density at radius 3 is 2.45 bits per heavy atom. The van der Waals surface area contributed by atoms with E-state index in [-0.39, 0.29) is 11.7 Å². The summed E-state index contributed by atoms with van der Waals surface area (Å²) in [6.45, 7) is 0. The molecule has 0 bridgehead atoms. The quantitative estimate of drug-likeness (QED) is 0.671. The molecule has 4 heteroatoms. The number of hydrogen-bond acceptors (Lipinski definition) is 2. The van der Waals surface area contributed by atoms with Crippen molar-refractivity contribution in [2.24, 2.45) is 5.10 Å². The number of rotatable bonds is 4. The number of carbonyl (C=O) groups is 1. The van der Waals surface area contributed by atoms with Crippen LogP contribution in [0.25, 0.3) is 6.08 Å². The molecule has 100 valence electrons. The Kier molecular flexibility index (Phi) is 4.78. The largest absolute Gasteiger partial charge is 0.271 e. The molecule has 0 spiro atoms. The van der Waals surface area contributed by atoms with Crippen LogP contribution in [-0.2, 0) is 0 Å². The van der Waals surface area contributed by atoms with Crippen LogP contribution in [0.15, 0.2) is 65.8 Å². The number of allylic oxidation sites excluding steroid dienone is 1. The number of benzene rings is 2. The first-order valence-electron chi connectivity index (χ1n) is 6.06. The lowest BCUT2D eigenvalue weighted by Gasteiger charge is -1.98. The molecule has 3 nitrogen and oxygen atoms in total. The van der Waals surface area contributed by atoms with E-state index in [1.807, 2.05) is 36.4 Å². The SMILES string of the molecule is O=C(N/N=C\C=C\c1ccccc1)c1ccc(F)cc1. The Labute approximate surface area is 116 Å². The van der Waals surface area contributed by atoms with E-state index in [0.29, 0.717) is 5.56 Å². The summed E-state index contributed by atoms with van der Waals surface area (Å²) >= 11 is 0. The first-order valence-corrected chi connectivity index (χ1v) is 6.06. The number of hydrogen-bond donors (Lipinski definition) is 1. The van der Waals surface area contributed by atoms with Gasteiger partial charge in [-0.05, 0) is 35.9 Å². The third-order valence-corrected chi connectivity index (χ3v) is 2.52. The summed E-state index contributed by atoms with van der Waals surface area (Å²) in [5, 5.41) is 3.78. The summed E-state index contributed by atoms with van der Waals surface area (Å²) in [4.78, 5) is 11.6. The van der Waals surface area contributed by atoms with E-state index in [2.05, 4.69) is 10.5 Å². The van der Waals surface area contributed by atoms with Crippen molar-refractivity contribution in [3.63, 3.8) is 0 Å². The van der Waals surface area contributed by atoms with Crippen LogP contribution in [0.2, 0.25) is 0 Å². The predicted molar refractivity (Wildman–Crippen MR) is 77.8 cm³/mol. The third-order valence-electron chi connectivity index (χ3n) is 2.52. The molecule has 0 saturated heterocycles. The van der Waals surface area contributed by atoms with Crippen molar-refractivity contribution in [2.75, 3.05) is 0 Å². The maximum absolute atomic E-state index is 12.7. The summed E-state index contributed by atoms with van der Waals surface area (Å²) in [6, 6.07) is 15.0. The van der Waals surface area contributed by atoms with Gasteiger partial charge in [0.1, 0.15) is 5.82 Å². The third kappa shape index (κ3) is 4.17. The van der Waals surface area contributed by atoms with Crippen molar-refractivity contribution < 1.29 is 9.18 Å². The summed E-state index contributed by atoms with van der Waals surface area (Å²) in [5.41, 5.74) is 3.76. The average Bonchev–Trinajstić information content (AvgIpc) is 2.48.